The van der Waals surface area contributed by atoms with Gasteiger partial charge in [-0.2, -0.15) is 0 Å². The van der Waals surface area contributed by atoms with Gasteiger partial charge in [-0.15, -0.1) is 22.9 Å². The third kappa shape index (κ3) is 2.26. The van der Waals surface area contributed by atoms with Crippen LogP contribution in [0.3, 0.4) is 0 Å². The van der Waals surface area contributed by atoms with Gasteiger partial charge >= 0.3 is 0 Å². The second-order valence-electron chi connectivity index (χ2n) is 4.12. The minimum atomic E-state index is 0.385. The molecule has 1 aliphatic rings. The van der Waals surface area contributed by atoms with Crippen LogP contribution in [0.15, 0.2) is 12.1 Å². The molecular weight excluding hydrogens is 235 g/mol. The van der Waals surface area contributed by atoms with Gasteiger partial charge in [0.1, 0.15) is 0 Å². The SMILES string of the molecule is CC1C(Cl)CCC1Cc1ccc(Cl)s1. The molecule has 3 unspecified atom stereocenters. The topological polar surface area (TPSA) is 0 Å². The zero-order valence-electron chi connectivity index (χ0n) is 8.17. The Bertz CT molecular complexity index is 308. The average Bonchev–Trinajstić information content (AvgIpc) is 2.67. The van der Waals surface area contributed by atoms with E-state index in [4.69, 9.17) is 23.2 Å². The van der Waals surface area contributed by atoms with E-state index in [2.05, 4.69) is 13.0 Å². The summed E-state index contributed by atoms with van der Waals surface area (Å²) in [6.07, 6.45) is 3.60. The maximum atomic E-state index is 6.21. The maximum absolute atomic E-state index is 6.21. The van der Waals surface area contributed by atoms with E-state index in [0.717, 1.165) is 16.7 Å². The van der Waals surface area contributed by atoms with Crippen molar-refractivity contribution in [3.63, 3.8) is 0 Å². The minimum absolute atomic E-state index is 0.385. The van der Waals surface area contributed by atoms with E-state index in [1.54, 1.807) is 11.3 Å². The fraction of sp³-hybridized carbons (Fsp3) is 0.636. The van der Waals surface area contributed by atoms with E-state index >= 15 is 0 Å². The Morgan fingerprint density at radius 3 is 2.71 bits per heavy atom. The molecule has 78 valence electrons. The van der Waals surface area contributed by atoms with Gasteiger partial charge in [0.05, 0.1) is 4.34 Å². The highest BCUT2D eigenvalue weighted by Gasteiger charge is 2.31. The number of hydrogen-bond donors (Lipinski definition) is 0. The number of rotatable bonds is 2. The number of hydrogen-bond acceptors (Lipinski definition) is 1. The third-order valence-corrected chi connectivity index (χ3v) is 5.09. The van der Waals surface area contributed by atoms with Crippen molar-refractivity contribution < 1.29 is 0 Å². The molecule has 2 rings (SSSR count). The van der Waals surface area contributed by atoms with E-state index in [0.29, 0.717) is 11.3 Å². The van der Waals surface area contributed by atoms with E-state index in [1.807, 2.05) is 6.07 Å². The molecule has 0 spiro atoms. The summed E-state index contributed by atoms with van der Waals surface area (Å²) < 4.78 is 0.896. The van der Waals surface area contributed by atoms with Gasteiger partial charge in [-0.3, -0.25) is 0 Å². The van der Waals surface area contributed by atoms with Crippen LogP contribution in [0.1, 0.15) is 24.6 Å². The van der Waals surface area contributed by atoms with Crippen LogP contribution >= 0.6 is 34.5 Å². The van der Waals surface area contributed by atoms with Crippen LogP contribution in [-0.4, -0.2) is 5.38 Å². The first kappa shape index (κ1) is 10.8. The number of thiophene rings is 1. The number of halogens is 2. The zero-order valence-corrected chi connectivity index (χ0v) is 10.5. The zero-order chi connectivity index (χ0) is 10.1. The van der Waals surface area contributed by atoms with Gasteiger partial charge in [0.15, 0.2) is 0 Å². The molecular formula is C11H14Cl2S. The predicted molar refractivity (Wildman–Crippen MR) is 64.6 cm³/mol. The molecule has 14 heavy (non-hydrogen) atoms. The maximum Gasteiger partial charge on any atom is 0.0931 e. The monoisotopic (exact) mass is 248 g/mol. The van der Waals surface area contributed by atoms with Crippen molar-refractivity contribution in [3.05, 3.63) is 21.3 Å². The Labute approximate surface area is 99.2 Å². The van der Waals surface area contributed by atoms with Gasteiger partial charge in [0.2, 0.25) is 0 Å². The fourth-order valence-electron chi connectivity index (χ4n) is 2.20. The lowest BCUT2D eigenvalue weighted by Gasteiger charge is -2.15. The Morgan fingerprint density at radius 2 is 2.21 bits per heavy atom. The summed E-state index contributed by atoms with van der Waals surface area (Å²) in [6, 6.07) is 4.13. The number of alkyl halides is 1. The van der Waals surface area contributed by atoms with Gasteiger partial charge in [-0.1, -0.05) is 18.5 Å². The smallest absolute Gasteiger partial charge is 0.0931 e. The normalized spacial score (nSPS) is 32.4. The van der Waals surface area contributed by atoms with Crippen LogP contribution in [0.4, 0.5) is 0 Å². The van der Waals surface area contributed by atoms with Crippen LogP contribution in [0.2, 0.25) is 4.34 Å². The van der Waals surface area contributed by atoms with Crippen molar-refractivity contribution in [1.82, 2.24) is 0 Å². The molecule has 1 fully saturated rings. The average molecular weight is 249 g/mol. The summed E-state index contributed by atoms with van der Waals surface area (Å²) in [5.74, 6) is 1.41. The summed E-state index contributed by atoms with van der Waals surface area (Å²) in [5, 5.41) is 0.385. The largest absolute Gasteiger partial charge is 0.128 e. The molecule has 0 radical (unpaired) electrons. The highest BCUT2D eigenvalue weighted by atomic mass is 35.5. The summed E-state index contributed by atoms with van der Waals surface area (Å²) in [5.41, 5.74) is 0. The van der Waals surface area contributed by atoms with Crippen molar-refractivity contribution in [2.24, 2.45) is 11.8 Å². The van der Waals surface area contributed by atoms with Crippen LogP contribution in [-0.2, 0) is 6.42 Å². The van der Waals surface area contributed by atoms with Gasteiger partial charge in [-0.05, 0) is 43.2 Å². The Morgan fingerprint density at radius 1 is 1.43 bits per heavy atom. The molecule has 0 N–H and O–H groups in total. The Kier molecular flexibility index (Phi) is 3.41. The molecule has 1 heterocycles. The standard InChI is InChI=1S/C11H14Cl2S/c1-7-8(2-4-10(7)12)6-9-3-5-11(13)14-9/h3,5,7-8,10H,2,4,6H2,1H3. The Balaban J connectivity index is 1.98. The molecule has 3 heteroatoms. The van der Waals surface area contributed by atoms with Crippen molar-refractivity contribution in [2.45, 2.75) is 31.6 Å². The van der Waals surface area contributed by atoms with Gasteiger partial charge in [0, 0.05) is 10.3 Å². The minimum Gasteiger partial charge on any atom is -0.128 e. The van der Waals surface area contributed by atoms with Gasteiger partial charge in [0.25, 0.3) is 0 Å². The predicted octanol–water partition coefficient (Wildman–Crippen LogP) is 4.60. The van der Waals surface area contributed by atoms with Crippen LogP contribution in [0.25, 0.3) is 0 Å². The molecule has 1 aromatic heterocycles. The molecule has 1 aliphatic carbocycles. The first-order valence-corrected chi connectivity index (χ1v) is 6.68. The molecule has 0 bridgehead atoms. The van der Waals surface area contributed by atoms with Crippen molar-refractivity contribution in [2.75, 3.05) is 0 Å². The fourth-order valence-corrected chi connectivity index (χ4v) is 3.71. The van der Waals surface area contributed by atoms with E-state index in [-0.39, 0.29) is 0 Å². The summed E-state index contributed by atoms with van der Waals surface area (Å²) in [4.78, 5) is 1.40. The lowest BCUT2D eigenvalue weighted by atomic mass is 9.94. The molecule has 0 nitrogen and oxygen atoms in total. The summed E-state index contributed by atoms with van der Waals surface area (Å²) in [6.45, 7) is 2.27. The quantitative estimate of drug-likeness (QED) is 0.672. The molecule has 3 atom stereocenters. The van der Waals surface area contributed by atoms with E-state index in [9.17, 15) is 0 Å². The summed E-state index contributed by atoms with van der Waals surface area (Å²) >= 11 is 13.8. The second-order valence-corrected chi connectivity index (χ2v) is 6.48. The molecule has 0 aromatic carbocycles. The van der Waals surface area contributed by atoms with Crippen molar-refractivity contribution in [3.8, 4) is 0 Å². The van der Waals surface area contributed by atoms with Gasteiger partial charge < -0.3 is 0 Å². The first-order valence-electron chi connectivity index (χ1n) is 5.05. The summed E-state index contributed by atoms with van der Waals surface area (Å²) in [7, 11) is 0. The van der Waals surface area contributed by atoms with Crippen molar-refractivity contribution in [1.29, 1.82) is 0 Å². The molecule has 1 saturated carbocycles. The highest BCUT2D eigenvalue weighted by Crippen LogP contribution is 2.38. The van der Waals surface area contributed by atoms with Crippen molar-refractivity contribution >= 4 is 34.5 Å². The lowest BCUT2D eigenvalue weighted by molar-refractivity contribution is 0.422. The van der Waals surface area contributed by atoms with Crippen LogP contribution in [0, 0.1) is 11.8 Å². The van der Waals surface area contributed by atoms with Crippen LogP contribution < -0.4 is 0 Å². The second kappa shape index (κ2) is 4.42. The first-order chi connectivity index (χ1) is 6.66. The molecule has 0 aliphatic heterocycles. The van der Waals surface area contributed by atoms with Gasteiger partial charge in [-0.25, -0.2) is 0 Å². The molecule has 0 saturated heterocycles. The van der Waals surface area contributed by atoms with Crippen LogP contribution in [0.5, 0.6) is 0 Å². The highest BCUT2D eigenvalue weighted by molar-refractivity contribution is 7.16. The van der Waals surface area contributed by atoms with E-state index < -0.39 is 0 Å². The lowest BCUT2D eigenvalue weighted by Crippen LogP contribution is -2.12. The molecule has 0 amide bonds. The Hall–Kier alpha value is 0.280. The molecule has 1 aromatic rings. The van der Waals surface area contributed by atoms with E-state index in [1.165, 1.54) is 17.7 Å². The third-order valence-electron chi connectivity index (χ3n) is 3.22.